The lowest BCUT2D eigenvalue weighted by Crippen LogP contribution is -2.42. The molecule has 1 atom stereocenters. The second-order valence-electron chi connectivity index (χ2n) is 7.03. The first-order valence-electron chi connectivity index (χ1n) is 9.00. The van der Waals surface area contributed by atoms with Gasteiger partial charge in [-0.25, -0.2) is 4.98 Å². The Labute approximate surface area is 194 Å². The summed E-state index contributed by atoms with van der Waals surface area (Å²) in [5.41, 5.74) is 1.11. The molecule has 9 heteroatoms. The van der Waals surface area contributed by atoms with Crippen LogP contribution in [0.25, 0.3) is 0 Å². The Morgan fingerprint density at radius 2 is 2.04 bits per heavy atom. The summed E-state index contributed by atoms with van der Waals surface area (Å²) in [4.78, 5) is 10.7. The van der Waals surface area contributed by atoms with Crippen LogP contribution in [0.5, 0.6) is 0 Å². The highest BCUT2D eigenvalue weighted by molar-refractivity contribution is 14.0. The predicted octanol–water partition coefficient (Wildman–Crippen LogP) is 4.26. The lowest BCUT2D eigenvalue weighted by Gasteiger charge is -2.26. The molecular formula is C19H29Cl2IN6. The topological polar surface area (TPSA) is 58.3 Å². The first-order valence-corrected chi connectivity index (χ1v) is 9.76. The van der Waals surface area contributed by atoms with E-state index in [1.54, 1.807) is 24.1 Å². The van der Waals surface area contributed by atoms with E-state index in [1.165, 1.54) is 0 Å². The molecule has 6 nitrogen and oxygen atoms in total. The summed E-state index contributed by atoms with van der Waals surface area (Å²) in [6.45, 7) is 5.88. The van der Waals surface area contributed by atoms with Crippen LogP contribution in [0, 0.1) is 11.8 Å². The van der Waals surface area contributed by atoms with Crippen molar-refractivity contribution in [3.8, 4) is 0 Å². The van der Waals surface area contributed by atoms with Crippen LogP contribution in [0.15, 0.2) is 29.5 Å². The predicted molar refractivity (Wildman–Crippen MR) is 128 cm³/mol. The maximum atomic E-state index is 6.36. The van der Waals surface area contributed by atoms with Crippen LogP contribution in [-0.4, -0.2) is 46.3 Å². The number of benzene rings is 1. The van der Waals surface area contributed by atoms with Gasteiger partial charge in [0.1, 0.15) is 12.2 Å². The van der Waals surface area contributed by atoms with Gasteiger partial charge in [0.2, 0.25) is 0 Å². The van der Waals surface area contributed by atoms with Crippen LogP contribution in [0.1, 0.15) is 25.2 Å². The highest BCUT2D eigenvalue weighted by atomic mass is 127. The maximum Gasteiger partial charge on any atom is 0.193 e. The molecule has 0 amide bonds. The van der Waals surface area contributed by atoms with Crippen LogP contribution in [0.4, 0.5) is 0 Å². The summed E-state index contributed by atoms with van der Waals surface area (Å²) in [5, 5.41) is 8.97. The van der Waals surface area contributed by atoms with E-state index < -0.39 is 0 Å². The molecule has 28 heavy (non-hydrogen) atoms. The Kier molecular flexibility index (Phi) is 10.5. The standard InChI is InChI=1S/C19H28Cl2N6.HI/c1-13(2)15(8-14-6-7-16(20)9-17(14)21)10-23-19(22-3)26(4)11-18-24-12-25-27(18)5;/h6-7,9,12-13,15H,8,10-11H2,1-5H3,(H,22,23);1H. The first kappa shape index (κ1) is 25.0. The molecule has 0 radical (unpaired) electrons. The van der Waals surface area contributed by atoms with Crippen molar-refractivity contribution >= 4 is 53.1 Å². The summed E-state index contributed by atoms with van der Waals surface area (Å²) in [6.07, 6.45) is 2.44. The highest BCUT2D eigenvalue weighted by Gasteiger charge is 2.18. The smallest absolute Gasteiger partial charge is 0.193 e. The van der Waals surface area contributed by atoms with E-state index in [2.05, 4.69) is 34.2 Å². The van der Waals surface area contributed by atoms with Crippen molar-refractivity contribution in [3.63, 3.8) is 0 Å². The molecule has 0 aliphatic heterocycles. The number of hydrogen-bond donors (Lipinski definition) is 1. The largest absolute Gasteiger partial charge is 0.356 e. The number of aromatic nitrogens is 3. The van der Waals surface area contributed by atoms with Crippen molar-refractivity contribution in [1.29, 1.82) is 0 Å². The van der Waals surface area contributed by atoms with Gasteiger partial charge in [-0.2, -0.15) is 5.10 Å². The molecule has 2 aromatic rings. The van der Waals surface area contributed by atoms with Gasteiger partial charge in [-0.1, -0.05) is 43.1 Å². The quantitative estimate of drug-likeness (QED) is 0.325. The SMILES string of the molecule is CN=C(NCC(Cc1ccc(Cl)cc1Cl)C(C)C)N(C)Cc1ncnn1C.I. The summed E-state index contributed by atoms with van der Waals surface area (Å²) in [7, 11) is 5.66. The van der Waals surface area contributed by atoms with E-state index in [1.807, 2.05) is 31.1 Å². The Morgan fingerprint density at radius 3 is 2.57 bits per heavy atom. The first-order chi connectivity index (χ1) is 12.8. The molecule has 0 aliphatic carbocycles. The lowest BCUT2D eigenvalue weighted by molar-refractivity contribution is 0.367. The van der Waals surface area contributed by atoms with Crippen LogP contribution < -0.4 is 5.32 Å². The van der Waals surface area contributed by atoms with E-state index in [0.717, 1.165) is 35.3 Å². The zero-order valence-electron chi connectivity index (χ0n) is 17.0. The number of halogens is 3. The van der Waals surface area contributed by atoms with Gasteiger partial charge in [-0.15, -0.1) is 24.0 Å². The number of aryl methyl sites for hydroxylation is 1. The van der Waals surface area contributed by atoms with E-state index in [9.17, 15) is 0 Å². The molecule has 0 saturated heterocycles. The summed E-state index contributed by atoms with van der Waals surface area (Å²) >= 11 is 12.4. The van der Waals surface area contributed by atoms with Gasteiger partial charge in [0, 0.05) is 37.7 Å². The molecule has 0 spiro atoms. The van der Waals surface area contributed by atoms with E-state index >= 15 is 0 Å². The van der Waals surface area contributed by atoms with E-state index in [4.69, 9.17) is 23.2 Å². The number of nitrogens with zero attached hydrogens (tertiary/aromatic N) is 5. The van der Waals surface area contributed by atoms with Crippen molar-refractivity contribution in [2.24, 2.45) is 23.9 Å². The number of nitrogens with one attached hydrogen (secondary N) is 1. The summed E-state index contributed by atoms with van der Waals surface area (Å²) < 4.78 is 1.77. The van der Waals surface area contributed by atoms with Gasteiger partial charge in [0.25, 0.3) is 0 Å². The monoisotopic (exact) mass is 538 g/mol. The minimum absolute atomic E-state index is 0. The number of aliphatic imine (C=N–C) groups is 1. The third kappa shape index (κ3) is 7.08. The molecule has 1 unspecified atom stereocenters. The minimum Gasteiger partial charge on any atom is -0.356 e. The van der Waals surface area contributed by atoms with Crippen molar-refractivity contribution in [2.45, 2.75) is 26.8 Å². The van der Waals surface area contributed by atoms with Crippen LogP contribution in [0.2, 0.25) is 10.0 Å². The number of hydrogen-bond acceptors (Lipinski definition) is 3. The van der Waals surface area contributed by atoms with Gasteiger partial charge in [0.15, 0.2) is 5.96 Å². The Balaban J connectivity index is 0.00000392. The maximum absolute atomic E-state index is 6.36. The molecular weight excluding hydrogens is 510 g/mol. The zero-order chi connectivity index (χ0) is 20.0. The molecule has 1 heterocycles. The molecule has 0 bridgehead atoms. The average Bonchev–Trinajstić information content (AvgIpc) is 3.00. The third-order valence-corrected chi connectivity index (χ3v) is 5.31. The summed E-state index contributed by atoms with van der Waals surface area (Å²) in [6, 6.07) is 5.70. The number of rotatable bonds is 7. The minimum atomic E-state index is 0. The molecule has 156 valence electrons. The fourth-order valence-corrected chi connectivity index (χ4v) is 3.36. The zero-order valence-corrected chi connectivity index (χ0v) is 20.8. The van der Waals surface area contributed by atoms with Gasteiger partial charge in [-0.05, 0) is 36.0 Å². The Hall–Kier alpha value is -1.06. The molecule has 0 fully saturated rings. The average molecular weight is 539 g/mol. The molecule has 1 N–H and O–H groups in total. The second kappa shape index (κ2) is 11.8. The lowest BCUT2D eigenvalue weighted by atomic mass is 9.89. The highest BCUT2D eigenvalue weighted by Crippen LogP contribution is 2.25. The molecule has 1 aromatic carbocycles. The molecule has 2 rings (SSSR count). The second-order valence-corrected chi connectivity index (χ2v) is 7.87. The molecule has 0 saturated carbocycles. The van der Waals surface area contributed by atoms with Gasteiger partial charge in [0.05, 0.1) is 6.54 Å². The van der Waals surface area contributed by atoms with Crippen molar-refractivity contribution in [1.82, 2.24) is 25.0 Å². The third-order valence-electron chi connectivity index (χ3n) is 4.72. The van der Waals surface area contributed by atoms with Gasteiger partial charge >= 0.3 is 0 Å². The normalized spacial score (nSPS) is 12.6. The van der Waals surface area contributed by atoms with Crippen molar-refractivity contribution in [3.05, 3.63) is 46.0 Å². The Morgan fingerprint density at radius 1 is 1.32 bits per heavy atom. The van der Waals surface area contributed by atoms with Crippen molar-refractivity contribution in [2.75, 3.05) is 20.6 Å². The Bertz CT molecular complexity index is 778. The van der Waals surface area contributed by atoms with Crippen LogP contribution in [-0.2, 0) is 20.0 Å². The fraction of sp³-hybridized carbons (Fsp3) is 0.526. The van der Waals surface area contributed by atoms with Crippen LogP contribution in [0.3, 0.4) is 0 Å². The summed E-state index contributed by atoms with van der Waals surface area (Å²) in [5.74, 6) is 2.61. The van der Waals surface area contributed by atoms with Gasteiger partial charge in [-0.3, -0.25) is 9.67 Å². The van der Waals surface area contributed by atoms with Crippen molar-refractivity contribution < 1.29 is 0 Å². The van der Waals surface area contributed by atoms with E-state index in [0.29, 0.717) is 23.4 Å². The molecule has 1 aromatic heterocycles. The van der Waals surface area contributed by atoms with E-state index in [-0.39, 0.29) is 24.0 Å². The van der Waals surface area contributed by atoms with Crippen LogP contribution >= 0.6 is 47.2 Å². The fourth-order valence-electron chi connectivity index (χ4n) is 2.87. The number of guanidine groups is 1. The molecule has 0 aliphatic rings. The van der Waals surface area contributed by atoms with Gasteiger partial charge < -0.3 is 10.2 Å².